The Balaban J connectivity index is 2.31. The van der Waals surface area contributed by atoms with Crippen molar-refractivity contribution < 1.29 is 9.53 Å². The van der Waals surface area contributed by atoms with Crippen LogP contribution < -0.4 is 5.46 Å². The molecule has 20 heavy (non-hydrogen) atoms. The van der Waals surface area contributed by atoms with Gasteiger partial charge in [-0.05, 0) is 18.0 Å². The minimum Gasteiger partial charge on any atom is -0.450 e. The first-order valence-corrected chi connectivity index (χ1v) is 10.9. The van der Waals surface area contributed by atoms with Crippen molar-refractivity contribution in [3.8, 4) is 0 Å². The minimum atomic E-state index is -1.13. The summed E-state index contributed by atoms with van der Waals surface area (Å²) in [4.78, 5) is 13.5. The molecule has 0 N–H and O–H groups in total. The van der Waals surface area contributed by atoms with Crippen molar-refractivity contribution in [3.63, 3.8) is 0 Å². The predicted octanol–water partition coefficient (Wildman–Crippen LogP) is 1.89. The van der Waals surface area contributed by atoms with E-state index in [9.17, 15) is 4.79 Å². The number of benzene rings is 1. The van der Waals surface area contributed by atoms with E-state index in [1.54, 1.807) is 11.9 Å². The summed E-state index contributed by atoms with van der Waals surface area (Å²) in [6.07, 6.45) is 0.650. The standard InChI is InChI=1S/C15H26BNO2Si/c1-17(15(18)19-10-11-20(2,3)4)9-8-13-6-5-7-14(16)12-13/h5-7,12H,8-11,16H2,1-4H3. The lowest BCUT2D eigenvalue weighted by atomic mass is 9.94. The smallest absolute Gasteiger partial charge is 0.409 e. The fraction of sp³-hybridized carbons (Fsp3) is 0.533. The highest BCUT2D eigenvalue weighted by Crippen LogP contribution is 2.08. The highest BCUT2D eigenvalue weighted by molar-refractivity contribution is 6.76. The van der Waals surface area contributed by atoms with Crippen LogP contribution in [-0.2, 0) is 11.2 Å². The van der Waals surface area contributed by atoms with Crippen molar-refractivity contribution >= 4 is 27.5 Å². The van der Waals surface area contributed by atoms with Crippen LogP contribution in [0.4, 0.5) is 4.79 Å². The molecule has 0 fully saturated rings. The maximum Gasteiger partial charge on any atom is 0.409 e. The van der Waals surface area contributed by atoms with Gasteiger partial charge in [-0.1, -0.05) is 49.4 Å². The van der Waals surface area contributed by atoms with Crippen LogP contribution in [0, 0.1) is 0 Å². The van der Waals surface area contributed by atoms with Gasteiger partial charge in [-0.3, -0.25) is 0 Å². The third-order valence-electron chi connectivity index (χ3n) is 3.21. The first-order chi connectivity index (χ1) is 9.28. The number of amides is 1. The molecule has 0 aliphatic carbocycles. The van der Waals surface area contributed by atoms with Gasteiger partial charge >= 0.3 is 6.09 Å². The Morgan fingerprint density at radius 2 is 2.05 bits per heavy atom. The van der Waals surface area contributed by atoms with E-state index < -0.39 is 8.07 Å². The highest BCUT2D eigenvalue weighted by atomic mass is 28.3. The number of likely N-dealkylation sites (N-methyl/N-ethyl adjacent to an activating group) is 1. The summed E-state index contributed by atoms with van der Waals surface area (Å²) < 4.78 is 5.31. The third-order valence-corrected chi connectivity index (χ3v) is 4.91. The molecule has 110 valence electrons. The normalized spacial score (nSPS) is 11.2. The summed E-state index contributed by atoms with van der Waals surface area (Å²) in [6.45, 7) is 8.07. The van der Waals surface area contributed by atoms with Crippen LogP contribution in [0.3, 0.4) is 0 Å². The molecule has 1 amide bonds. The summed E-state index contributed by atoms with van der Waals surface area (Å²) in [7, 11) is 2.75. The van der Waals surface area contributed by atoms with Gasteiger partial charge in [-0.25, -0.2) is 4.79 Å². The first-order valence-electron chi connectivity index (χ1n) is 7.21. The van der Waals surface area contributed by atoms with Crippen LogP contribution in [0.25, 0.3) is 0 Å². The SMILES string of the molecule is Bc1cccc(CCN(C)C(=O)OCC[Si](C)(C)C)c1. The maximum absolute atomic E-state index is 11.8. The van der Waals surface area contributed by atoms with Crippen molar-refractivity contribution in [3.05, 3.63) is 29.8 Å². The summed E-state index contributed by atoms with van der Waals surface area (Å²) in [6, 6.07) is 9.40. The largest absolute Gasteiger partial charge is 0.450 e. The molecule has 0 spiro atoms. The molecule has 1 rings (SSSR count). The van der Waals surface area contributed by atoms with Gasteiger partial charge in [-0.15, -0.1) is 0 Å². The number of nitrogens with zero attached hydrogens (tertiary/aromatic N) is 1. The second-order valence-electron chi connectivity index (χ2n) is 6.59. The molecule has 0 aliphatic rings. The Labute approximate surface area is 124 Å². The molecule has 5 heteroatoms. The average molecular weight is 291 g/mol. The topological polar surface area (TPSA) is 29.5 Å². The summed E-state index contributed by atoms with van der Waals surface area (Å²) in [5.74, 6) is 0. The van der Waals surface area contributed by atoms with Crippen molar-refractivity contribution in [2.75, 3.05) is 20.2 Å². The molecule has 0 heterocycles. The molecule has 0 radical (unpaired) electrons. The van der Waals surface area contributed by atoms with Crippen LogP contribution in [0.5, 0.6) is 0 Å². The van der Waals surface area contributed by atoms with Crippen LogP contribution >= 0.6 is 0 Å². The van der Waals surface area contributed by atoms with Crippen molar-refractivity contribution in [1.29, 1.82) is 0 Å². The van der Waals surface area contributed by atoms with E-state index in [0.29, 0.717) is 13.2 Å². The zero-order valence-corrected chi connectivity index (χ0v) is 14.4. The van der Waals surface area contributed by atoms with E-state index in [-0.39, 0.29) is 6.09 Å². The zero-order chi connectivity index (χ0) is 15.2. The molecule has 1 aromatic carbocycles. The Morgan fingerprint density at radius 1 is 1.35 bits per heavy atom. The van der Waals surface area contributed by atoms with Gasteiger partial charge in [0.1, 0.15) is 7.85 Å². The molecular weight excluding hydrogens is 265 g/mol. The molecule has 0 saturated heterocycles. The fourth-order valence-electron chi connectivity index (χ4n) is 1.81. The number of hydrogen-bond donors (Lipinski definition) is 0. The lowest BCUT2D eigenvalue weighted by Gasteiger charge is -2.19. The second-order valence-corrected chi connectivity index (χ2v) is 12.2. The first kappa shape index (κ1) is 16.8. The number of ether oxygens (including phenoxy) is 1. The van der Waals surface area contributed by atoms with Gasteiger partial charge in [0, 0.05) is 21.7 Å². The van der Waals surface area contributed by atoms with E-state index in [2.05, 4.69) is 51.8 Å². The highest BCUT2D eigenvalue weighted by Gasteiger charge is 2.15. The molecular formula is C15H26BNO2Si. The monoisotopic (exact) mass is 291 g/mol. The Bertz CT molecular complexity index is 446. The van der Waals surface area contributed by atoms with E-state index in [4.69, 9.17) is 4.74 Å². The summed E-state index contributed by atoms with van der Waals surface area (Å²) in [5, 5.41) is 0. The van der Waals surface area contributed by atoms with Gasteiger partial charge in [0.25, 0.3) is 0 Å². The van der Waals surface area contributed by atoms with Crippen LogP contribution in [0.2, 0.25) is 25.7 Å². The van der Waals surface area contributed by atoms with E-state index in [0.717, 1.165) is 12.5 Å². The van der Waals surface area contributed by atoms with Crippen LogP contribution in [0.15, 0.2) is 24.3 Å². The van der Waals surface area contributed by atoms with Gasteiger partial charge in [0.2, 0.25) is 0 Å². The number of carbonyl (C=O) groups is 1. The molecule has 0 aromatic heterocycles. The summed E-state index contributed by atoms with van der Waals surface area (Å²) >= 11 is 0. The predicted molar refractivity (Wildman–Crippen MR) is 90.5 cm³/mol. The zero-order valence-electron chi connectivity index (χ0n) is 13.4. The number of carbonyl (C=O) groups excluding carboxylic acids is 1. The average Bonchev–Trinajstić information content (AvgIpc) is 2.34. The molecule has 0 unspecified atom stereocenters. The molecule has 0 aliphatic heterocycles. The van der Waals surface area contributed by atoms with E-state index in [1.165, 1.54) is 11.0 Å². The number of rotatable bonds is 6. The van der Waals surface area contributed by atoms with Gasteiger partial charge in [-0.2, -0.15) is 0 Å². The van der Waals surface area contributed by atoms with E-state index >= 15 is 0 Å². The molecule has 1 aromatic rings. The van der Waals surface area contributed by atoms with Gasteiger partial charge in [0.15, 0.2) is 0 Å². The Hall–Kier alpha value is -1.23. The molecule has 3 nitrogen and oxygen atoms in total. The van der Waals surface area contributed by atoms with Gasteiger partial charge < -0.3 is 9.64 Å². The van der Waals surface area contributed by atoms with Gasteiger partial charge in [0.05, 0.1) is 6.61 Å². The fourth-order valence-corrected chi connectivity index (χ4v) is 2.52. The lowest BCUT2D eigenvalue weighted by molar-refractivity contribution is 0.116. The minimum absolute atomic E-state index is 0.212. The molecule has 0 bridgehead atoms. The molecule has 0 atom stereocenters. The maximum atomic E-state index is 11.8. The lowest BCUT2D eigenvalue weighted by Crippen LogP contribution is -2.31. The Kier molecular flexibility index (Phi) is 6.33. The van der Waals surface area contributed by atoms with E-state index in [1.807, 2.05) is 0 Å². The van der Waals surface area contributed by atoms with Crippen molar-refractivity contribution in [2.45, 2.75) is 32.1 Å². The summed E-state index contributed by atoms with van der Waals surface area (Å²) in [5.41, 5.74) is 2.51. The molecule has 0 saturated carbocycles. The quantitative estimate of drug-likeness (QED) is 0.749. The van der Waals surface area contributed by atoms with Crippen LogP contribution in [0.1, 0.15) is 5.56 Å². The van der Waals surface area contributed by atoms with Crippen LogP contribution in [-0.4, -0.2) is 47.1 Å². The number of hydrogen-bond acceptors (Lipinski definition) is 2. The second kappa shape index (κ2) is 7.53. The van der Waals surface area contributed by atoms with Crippen molar-refractivity contribution in [1.82, 2.24) is 4.90 Å². The Morgan fingerprint density at radius 3 is 2.65 bits per heavy atom. The third kappa shape index (κ3) is 6.80. The van der Waals surface area contributed by atoms with Crippen molar-refractivity contribution in [2.24, 2.45) is 0 Å².